The van der Waals surface area contributed by atoms with E-state index in [1.165, 1.54) is 6.26 Å². The van der Waals surface area contributed by atoms with E-state index in [0.29, 0.717) is 28.4 Å². The summed E-state index contributed by atoms with van der Waals surface area (Å²) in [4.78, 5) is 24.2. The van der Waals surface area contributed by atoms with E-state index in [9.17, 15) is 9.59 Å². The Morgan fingerprint density at radius 2 is 1.44 bits per heavy atom. The zero-order chi connectivity index (χ0) is 17.6. The number of carbonyl (C=O) groups excluding carboxylic acids is 2. The Bertz CT molecular complexity index is 888. The van der Waals surface area contributed by atoms with Crippen LogP contribution in [0.4, 0.5) is 21.9 Å². The molecule has 126 valence electrons. The molecule has 0 fully saturated rings. The fourth-order valence-electron chi connectivity index (χ4n) is 2.31. The lowest BCUT2D eigenvalue weighted by Crippen LogP contribution is -2.19. The van der Waals surface area contributed by atoms with Crippen LogP contribution in [0.1, 0.15) is 16.1 Å². The maximum atomic E-state index is 12.2. The van der Waals surface area contributed by atoms with Gasteiger partial charge in [0.2, 0.25) is 0 Å². The fourth-order valence-corrected chi connectivity index (χ4v) is 2.31. The first-order chi connectivity index (χ1) is 12.1. The lowest BCUT2D eigenvalue weighted by molar-refractivity contribution is 0.102. The predicted molar refractivity (Wildman–Crippen MR) is 96.9 cm³/mol. The van der Waals surface area contributed by atoms with Gasteiger partial charge in [0.15, 0.2) is 0 Å². The summed E-state index contributed by atoms with van der Waals surface area (Å²) in [6, 6.07) is 17.3. The molecule has 0 spiro atoms. The van der Waals surface area contributed by atoms with E-state index in [1.807, 2.05) is 18.2 Å². The molecular formula is C19H17N3O3. The first-order valence-electron chi connectivity index (χ1n) is 7.70. The lowest BCUT2D eigenvalue weighted by atomic mass is 10.2. The van der Waals surface area contributed by atoms with Crippen molar-refractivity contribution in [1.82, 2.24) is 0 Å². The number of hydrogen-bond acceptors (Lipinski definition) is 3. The van der Waals surface area contributed by atoms with Crippen LogP contribution >= 0.6 is 0 Å². The maximum absolute atomic E-state index is 12.2. The summed E-state index contributed by atoms with van der Waals surface area (Å²) in [6.07, 6.45) is 1.47. The van der Waals surface area contributed by atoms with Crippen molar-refractivity contribution in [2.75, 3.05) is 16.0 Å². The maximum Gasteiger partial charge on any atom is 0.323 e. The number of amides is 3. The predicted octanol–water partition coefficient (Wildman–Crippen LogP) is 4.48. The molecule has 1 heterocycles. The van der Waals surface area contributed by atoms with Crippen molar-refractivity contribution in [2.45, 2.75) is 6.92 Å². The summed E-state index contributed by atoms with van der Waals surface area (Å²) in [7, 11) is 0. The van der Waals surface area contributed by atoms with E-state index in [1.54, 1.807) is 49.4 Å². The number of hydrogen-bond donors (Lipinski definition) is 3. The van der Waals surface area contributed by atoms with Gasteiger partial charge in [-0.05, 0) is 43.3 Å². The van der Waals surface area contributed by atoms with Gasteiger partial charge in [0.1, 0.15) is 5.76 Å². The molecular weight excluding hydrogens is 318 g/mol. The normalized spacial score (nSPS) is 10.1. The number of anilines is 3. The number of rotatable bonds is 4. The molecule has 0 aliphatic heterocycles. The zero-order valence-corrected chi connectivity index (χ0v) is 13.6. The SMILES string of the molecule is Cc1occc1C(=O)Nc1cccc(NC(=O)Nc2ccccc2)c1. The molecule has 0 saturated carbocycles. The second-order valence-corrected chi connectivity index (χ2v) is 5.37. The van der Waals surface area contributed by atoms with Crippen LogP contribution in [0.2, 0.25) is 0 Å². The summed E-state index contributed by atoms with van der Waals surface area (Å²) in [5.41, 5.74) is 2.30. The van der Waals surface area contributed by atoms with Gasteiger partial charge in [0.25, 0.3) is 5.91 Å². The third-order valence-corrected chi connectivity index (χ3v) is 3.51. The number of para-hydroxylation sites is 1. The van der Waals surface area contributed by atoms with Gasteiger partial charge in [0.05, 0.1) is 11.8 Å². The molecule has 0 unspecified atom stereocenters. The van der Waals surface area contributed by atoms with Crippen molar-refractivity contribution in [2.24, 2.45) is 0 Å². The van der Waals surface area contributed by atoms with E-state index in [0.717, 1.165) is 0 Å². The average Bonchev–Trinajstić information content (AvgIpc) is 3.02. The summed E-state index contributed by atoms with van der Waals surface area (Å²) in [6.45, 7) is 1.72. The van der Waals surface area contributed by atoms with Crippen LogP contribution < -0.4 is 16.0 Å². The Kier molecular flexibility index (Phi) is 4.80. The van der Waals surface area contributed by atoms with Crippen LogP contribution in [0.25, 0.3) is 0 Å². The fraction of sp³-hybridized carbons (Fsp3) is 0.0526. The van der Waals surface area contributed by atoms with Gasteiger partial charge in [-0.3, -0.25) is 4.79 Å². The van der Waals surface area contributed by atoms with Crippen LogP contribution in [0.3, 0.4) is 0 Å². The first-order valence-corrected chi connectivity index (χ1v) is 7.70. The van der Waals surface area contributed by atoms with Crippen LogP contribution in [-0.4, -0.2) is 11.9 Å². The van der Waals surface area contributed by atoms with Crippen molar-refractivity contribution in [3.63, 3.8) is 0 Å². The Labute approximate surface area is 144 Å². The van der Waals surface area contributed by atoms with Gasteiger partial charge in [-0.1, -0.05) is 24.3 Å². The molecule has 0 radical (unpaired) electrons. The third kappa shape index (κ3) is 4.26. The Balaban J connectivity index is 1.64. The smallest absolute Gasteiger partial charge is 0.323 e. The van der Waals surface area contributed by atoms with Gasteiger partial charge < -0.3 is 20.4 Å². The molecule has 0 atom stereocenters. The quantitative estimate of drug-likeness (QED) is 0.657. The van der Waals surface area contributed by atoms with Gasteiger partial charge in [-0.2, -0.15) is 0 Å². The Hall–Kier alpha value is -3.54. The minimum absolute atomic E-state index is 0.267. The number of benzene rings is 2. The second-order valence-electron chi connectivity index (χ2n) is 5.37. The number of urea groups is 1. The number of aryl methyl sites for hydroxylation is 1. The topological polar surface area (TPSA) is 83.4 Å². The number of nitrogens with one attached hydrogen (secondary N) is 3. The molecule has 6 heteroatoms. The van der Waals surface area contributed by atoms with E-state index in [-0.39, 0.29) is 11.9 Å². The summed E-state index contributed by atoms with van der Waals surface area (Å²) in [5.74, 6) is 0.283. The summed E-state index contributed by atoms with van der Waals surface area (Å²) < 4.78 is 5.13. The van der Waals surface area contributed by atoms with Crippen molar-refractivity contribution >= 4 is 29.0 Å². The largest absolute Gasteiger partial charge is 0.469 e. The van der Waals surface area contributed by atoms with Gasteiger partial charge >= 0.3 is 6.03 Å². The highest BCUT2D eigenvalue weighted by atomic mass is 16.3. The highest BCUT2D eigenvalue weighted by Gasteiger charge is 2.12. The zero-order valence-electron chi connectivity index (χ0n) is 13.6. The van der Waals surface area contributed by atoms with Gasteiger partial charge in [-0.25, -0.2) is 4.79 Å². The lowest BCUT2D eigenvalue weighted by Gasteiger charge is -2.10. The summed E-state index contributed by atoms with van der Waals surface area (Å²) >= 11 is 0. The molecule has 3 amide bonds. The van der Waals surface area contributed by atoms with Crippen LogP contribution in [0, 0.1) is 6.92 Å². The van der Waals surface area contributed by atoms with Gasteiger partial charge in [0, 0.05) is 17.1 Å². The summed E-state index contributed by atoms with van der Waals surface area (Å²) in [5, 5.41) is 8.24. The molecule has 0 saturated heterocycles. The highest BCUT2D eigenvalue weighted by molar-refractivity contribution is 6.05. The van der Waals surface area contributed by atoms with Gasteiger partial charge in [-0.15, -0.1) is 0 Å². The minimum atomic E-state index is -0.361. The van der Waals surface area contributed by atoms with Crippen LogP contribution in [0.15, 0.2) is 71.3 Å². The third-order valence-electron chi connectivity index (χ3n) is 3.51. The van der Waals surface area contributed by atoms with Crippen molar-refractivity contribution in [3.05, 3.63) is 78.3 Å². The van der Waals surface area contributed by atoms with E-state index >= 15 is 0 Å². The molecule has 3 aromatic rings. The molecule has 3 N–H and O–H groups in total. The average molecular weight is 335 g/mol. The molecule has 1 aromatic heterocycles. The molecule has 3 rings (SSSR count). The van der Waals surface area contributed by atoms with E-state index in [2.05, 4.69) is 16.0 Å². The van der Waals surface area contributed by atoms with Crippen molar-refractivity contribution < 1.29 is 14.0 Å². The molecule has 0 bridgehead atoms. The Morgan fingerprint density at radius 3 is 2.12 bits per heavy atom. The minimum Gasteiger partial charge on any atom is -0.469 e. The number of furan rings is 1. The van der Waals surface area contributed by atoms with Crippen LogP contribution in [0.5, 0.6) is 0 Å². The second kappa shape index (κ2) is 7.35. The van der Waals surface area contributed by atoms with Crippen LogP contribution in [-0.2, 0) is 0 Å². The van der Waals surface area contributed by atoms with E-state index in [4.69, 9.17) is 4.42 Å². The molecule has 0 aliphatic rings. The molecule has 2 aromatic carbocycles. The van der Waals surface area contributed by atoms with Crippen molar-refractivity contribution in [1.29, 1.82) is 0 Å². The molecule has 6 nitrogen and oxygen atoms in total. The standard InChI is InChI=1S/C19H17N3O3/c1-13-17(10-11-25-13)18(23)20-15-8-5-9-16(12-15)22-19(24)21-14-6-3-2-4-7-14/h2-12H,1H3,(H,20,23)(H2,21,22,24). The Morgan fingerprint density at radius 1 is 0.800 bits per heavy atom. The van der Waals surface area contributed by atoms with Crippen molar-refractivity contribution in [3.8, 4) is 0 Å². The first kappa shape index (κ1) is 16.3. The highest BCUT2D eigenvalue weighted by Crippen LogP contribution is 2.18. The number of carbonyl (C=O) groups is 2. The molecule has 0 aliphatic carbocycles. The molecule has 25 heavy (non-hydrogen) atoms. The monoisotopic (exact) mass is 335 g/mol. The van der Waals surface area contributed by atoms with E-state index < -0.39 is 0 Å².